The molecule has 1 unspecified atom stereocenters. The molecule has 1 aromatic rings. The van der Waals surface area contributed by atoms with E-state index >= 15 is 0 Å². The molecule has 0 aliphatic heterocycles. The van der Waals surface area contributed by atoms with E-state index in [1.54, 1.807) is 13.0 Å². The maximum atomic E-state index is 12.3. The molecule has 0 saturated heterocycles. The first kappa shape index (κ1) is 16.5. The van der Waals surface area contributed by atoms with Crippen molar-refractivity contribution in [2.24, 2.45) is 5.11 Å². The third-order valence-electron chi connectivity index (χ3n) is 2.57. The first-order chi connectivity index (χ1) is 9.36. The molecule has 7 nitrogen and oxygen atoms in total. The Morgan fingerprint density at radius 2 is 1.80 bits per heavy atom. The lowest BCUT2D eigenvalue weighted by Crippen LogP contribution is -2.30. The number of nitrogens with zero attached hydrogens (tertiary/aromatic N) is 3. The van der Waals surface area contributed by atoms with Crippen LogP contribution in [-0.2, 0) is 19.7 Å². The van der Waals surface area contributed by atoms with E-state index in [0.29, 0.717) is 12.8 Å². The second-order valence-electron chi connectivity index (χ2n) is 4.09. The quantitative estimate of drug-likeness (QED) is 0.435. The summed E-state index contributed by atoms with van der Waals surface area (Å²) >= 11 is 0. The van der Waals surface area contributed by atoms with E-state index in [-0.39, 0.29) is 10.6 Å². The van der Waals surface area contributed by atoms with Gasteiger partial charge >= 0.3 is 0 Å². The van der Waals surface area contributed by atoms with Crippen molar-refractivity contribution in [2.45, 2.75) is 29.4 Å². The van der Waals surface area contributed by atoms with Gasteiger partial charge in [-0.15, -0.1) is 0 Å². The Balaban J connectivity index is 3.31. The van der Waals surface area contributed by atoms with Gasteiger partial charge in [-0.1, -0.05) is 36.7 Å². The fourth-order valence-corrected chi connectivity index (χ4v) is 5.72. The van der Waals surface area contributed by atoms with Crippen molar-refractivity contribution in [3.63, 3.8) is 0 Å². The second kappa shape index (κ2) is 6.74. The van der Waals surface area contributed by atoms with Crippen molar-refractivity contribution in [1.29, 1.82) is 0 Å². The van der Waals surface area contributed by atoms with Crippen LogP contribution in [-0.4, -0.2) is 27.3 Å². The Morgan fingerprint density at radius 3 is 2.30 bits per heavy atom. The highest BCUT2D eigenvalue weighted by Gasteiger charge is 2.37. The molecule has 0 aliphatic carbocycles. The first-order valence-electron chi connectivity index (χ1n) is 5.91. The van der Waals surface area contributed by atoms with Crippen molar-refractivity contribution in [2.75, 3.05) is 5.75 Å². The molecule has 0 bridgehead atoms. The number of sulfone groups is 2. The fourth-order valence-electron chi connectivity index (χ4n) is 1.54. The van der Waals surface area contributed by atoms with Crippen LogP contribution in [0.15, 0.2) is 40.3 Å². The van der Waals surface area contributed by atoms with Gasteiger partial charge in [0.05, 0.1) is 10.6 Å². The summed E-state index contributed by atoms with van der Waals surface area (Å²) in [5, 5.41) is 3.00. The number of hydrogen-bond acceptors (Lipinski definition) is 5. The first-order valence-corrected chi connectivity index (χ1v) is 9.17. The van der Waals surface area contributed by atoms with Crippen molar-refractivity contribution < 1.29 is 16.8 Å². The summed E-state index contributed by atoms with van der Waals surface area (Å²) in [7, 11) is -8.32. The van der Waals surface area contributed by atoms with E-state index in [4.69, 9.17) is 5.53 Å². The minimum atomic E-state index is -4.26. The molecule has 0 aliphatic rings. The van der Waals surface area contributed by atoms with Crippen LogP contribution in [0.1, 0.15) is 19.8 Å². The number of hydrogen-bond donors (Lipinski definition) is 0. The molecule has 0 fully saturated rings. The summed E-state index contributed by atoms with van der Waals surface area (Å²) in [6.07, 6.45) is 0.900. The maximum Gasteiger partial charge on any atom is 0.245 e. The highest BCUT2D eigenvalue weighted by atomic mass is 32.3. The minimum Gasteiger partial charge on any atom is -0.227 e. The van der Waals surface area contributed by atoms with Crippen LogP contribution < -0.4 is 0 Å². The van der Waals surface area contributed by atoms with Crippen molar-refractivity contribution in [3.05, 3.63) is 40.8 Å². The van der Waals surface area contributed by atoms with E-state index < -0.39 is 24.4 Å². The lowest BCUT2D eigenvalue weighted by atomic mass is 10.4. The molecule has 20 heavy (non-hydrogen) atoms. The van der Waals surface area contributed by atoms with Gasteiger partial charge in [0.15, 0.2) is 9.84 Å². The number of rotatable bonds is 7. The van der Waals surface area contributed by atoms with Crippen molar-refractivity contribution in [1.82, 2.24) is 0 Å². The molecular weight excluding hydrogens is 302 g/mol. The molecule has 0 amide bonds. The summed E-state index contributed by atoms with van der Waals surface area (Å²) in [6, 6.07) is 7.08. The lowest BCUT2D eigenvalue weighted by Gasteiger charge is -2.13. The minimum absolute atomic E-state index is 0.183. The van der Waals surface area contributed by atoms with E-state index in [9.17, 15) is 16.8 Å². The van der Waals surface area contributed by atoms with Crippen LogP contribution in [0.3, 0.4) is 0 Å². The van der Waals surface area contributed by atoms with Crippen LogP contribution in [0.2, 0.25) is 0 Å². The average Bonchev–Trinajstić information content (AvgIpc) is 2.43. The summed E-state index contributed by atoms with van der Waals surface area (Å²) < 4.78 is 46.6. The molecule has 1 rings (SSSR count). The van der Waals surface area contributed by atoms with Gasteiger partial charge in [0.2, 0.25) is 14.5 Å². The normalized spacial score (nSPS) is 13.4. The standard InChI is InChI=1S/C11H15N3O4S2/c1-2-3-9-19(15,16)11(13-14-12)20(17,18)10-7-5-4-6-8-10/h4-8,11H,2-3,9H2,1H3. The summed E-state index contributed by atoms with van der Waals surface area (Å²) in [5.74, 6) is -0.334. The SMILES string of the molecule is CCCCS(=O)(=O)C(N=[N+]=[N-])S(=O)(=O)c1ccccc1. The number of azide groups is 1. The molecule has 110 valence electrons. The zero-order valence-corrected chi connectivity index (χ0v) is 12.5. The lowest BCUT2D eigenvalue weighted by molar-refractivity contribution is 0.573. The molecule has 0 radical (unpaired) electrons. The summed E-state index contributed by atoms with van der Waals surface area (Å²) in [5.41, 5.74) is 8.47. The predicted molar refractivity (Wildman–Crippen MR) is 75.3 cm³/mol. The predicted octanol–water partition coefficient (Wildman–Crippen LogP) is 2.27. The molecule has 0 aromatic heterocycles. The third kappa shape index (κ3) is 3.72. The highest BCUT2D eigenvalue weighted by molar-refractivity contribution is 8.09. The van der Waals surface area contributed by atoms with Crippen LogP contribution in [0.5, 0.6) is 0 Å². The molecule has 0 N–H and O–H groups in total. The second-order valence-corrected chi connectivity index (χ2v) is 8.58. The van der Waals surface area contributed by atoms with Crippen LogP contribution in [0, 0.1) is 0 Å². The van der Waals surface area contributed by atoms with Gasteiger partial charge in [0.25, 0.3) is 0 Å². The highest BCUT2D eigenvalue weighted by Crippen LogP contribution is 2.22. The zero-order valence-electron chi connectivity index (χ0n) is 10.9. The van der Waals surface area contributed by atoms with E-state index in [2.05, 4.69) is 10.0 Å². The number of unbranched alkanes of at least 4 members (excludes halogenated alkanes) is 1. The molecular formula is C11H15N3O4S2. The van der Waals surface area contributed by atoms with Crippen molar-refractivity contribution in [3.8, 4) is 0 Å². The van der Waals surface area contributed by atoms with Crippen LogP contribution in [0.25, 0.3) is 10.4 Å². The molecule has 1 aromatic carbocycles. The van der Waals surface area contributed by atoms with Gasteiger partial charge in [-0.25, -0.2) is 16.8 Å². The molecule has 0 heterocycles. The van der Waals surface area contributed by atoms with Crippen LogP contribution in [0.4, 0.5) is 0 Å². The van der Waals surface area contributed by atoms with Crippen molar-refractivity contribution >= 4 is 19.7 Å². The number of benzene rings is 1. The van der Waals surface area contributed by atoms with Crippen LogP contribution >= 0.6 is 0 Å². The Kier molecular flexibility index (Phi) is 5.55. The molecule has 0 spiro atoms. The van der Waals surface area contributed by atoms with Gasteiger partial charge in [0.1, 0.15) is 0 Å². The Hall–Kier alpha value is -1.57. The van der Waals surface area contributed by atoms with Gasteiger partial charge in [-0.2, -0.15) is 0 Å². The van der Waals surface area contributed by atoms with Gasteiger partial charge < -0.3 is 0 Å². The Labute approximate surface area is 118 Å². The largest absolute Gasteiger partial charge is 0.245 e. The molecule has 0 saturated carbocycles. The Bertz CT molecular complexity index is 692. The fraction of sp³-hybridized carbons (Fsp3) is 0.455. The topological polar surface area (TPSA) is 117 Å². The van der Waals surface area contributed by atoms with E-state index in [1.807, 2.05) is 0 Å². The Morgan fingerprint density at radius 1 is 1.20 bits per heavy atom. The average molecular weight is 317 g/mol. The van der Waals surface area contributed by atoms with E-state index in [0.717, 1.165) is 0 Å². The molecule has 1 atom stereocenters. The summed E-state index contributed by atoms with van der Waals surface area (Å²) in [4.78, 5) is 2.19. The smallest absolute Gasteiger partial charge is 0.227 e. The maximum absolute atomic E-state index is 12.3. The van der Waals surface area contributed by atoms with Gasteiger partial charge in [0, 0.05) is 4.91 Å². The van der Waals surface area contributed by atoms with E-state index in [1.165, 1.54) is 24.3 Å². The molecule has 9 heteroatoms. The zero-order chi connectivity index (χ0) is 15.2. The third-order valence-corrected chi connectivity index (χ3v) is 7.33. The monoisotopic (exact) mass is 317 g/mol. The van der Waals surface area contributed by atoms with Gasteiger partial charge in [-0.3, -0.25) is 0 Å². The van der Waals surface area contributed by atoms with Gasteiger partial charge in [-0.05, 0) is 24.1 Å². The summed E-state index contributed by atoms with van der Waals surface area (Å²) in [6.45, 7) is 1.78.